The number of aliphatic imine (C=N–C) groups is 1. The van der Waals surface area contributed by atoms with Gasteiger partial charge in [-0.2, -0.15) is 0 Å². The van der Waals surface area contributed by atoms with Gasteiger partial charge in [0.1, 0.15) is 5.00 Å². The Kier molecular flexibility index (Phi) is 9.07. The maximum absolute atomic E-state index is 13.5. The number of esters is 1. The van der Waals surface area contributed by atoms with E-state index in [9.17, 15) is 9.59 Å². The molecular formula is C31H36N2O5S. The number of fused-ring (bicyclic) bond motifs is 1. The van der Waals surface area contributed by atoms with E-state index in [1.807, 2.05) is 36.4 Å². The normalized spacial score (nSPS) is 15.1. The second-order valence-electron chi connectivity index (χ2n) is 10.6. The van der Waals surface area contributed by atoms with Gasteiger partial charge >= 0.3 is 5.97 Å². The van der Waals surface area contributed by atoms with Crippen molar-refractivity contribution < 1.29 is 23.8 Å². The number of carbonyl (C=O) groups excluding carboxylic acids is 2. The predicted octanol–water partition coefficient (Wildman–Crippen LogP) is 6.85. The number of benzene rings is 2. The fourth-order valence-electron chi connectivity index (χ4n) is 4.71. The van der Waals surface area contributed by atoms with Crippen molar-refractivity contribution in [3.8, 4) is 11.5 Å². The number of anilines is 1. The van der Waals surface area contributed by atoms with E-state index in [2.05, 4.69) is 26.1 Å². The number of carbonyl (C=O) groups is 2. The standard InChI is InChI=1S/C31H36N2O5S/c1-6-37-27(34)19-38-24-15-12-20(16-25(24)36-5)18-32-30-28(29(35)33-22-10-8-7-9-11-22)23-14-13-21(31(2,3)4)17-26(23)39-30/h7-12,15-16,18,21H,6,13-14,17,19H2,1-5H3,(H,33,35)/t21-/m0/s1. The average Bonchev–Trinajstić information content (AvgIpc) is 3.29. The van der Waals surface area contributed by atoms with Gasteiger partial charge in [0.25, 0.3) is 5.91 Å². The Labute approximate surface area is 234 Å². The zero-order valence-electron chi connectivity index (χ0n) is 23.2. The lowest BCUT2D eigenvalue weighted by Crippen LogP contribution is -2.27. The highest BCUT2D eigenvalue weighted by Gasteiger charge is 2.33. The molecule has 0 fully saturated rings. The van der Waals surface area contributed by atoms with Crippen LogP contribution in [0.25, 0.3) is 0 Å². The lowest BCUT2D eigenvalue weighted by Gasteiger charge is -2.33. The summed E-state index contributed by atoms with van der Waals surface area (Å²) < 4.78 is 16.0. The van der Waals surface area contributed by atoms with Crippen molar-refractivity contribution in [2.45, 2.75) is 47.0 Å². The molecule has 2 aromatic carbocycles. The lowest BCUT2D eigenvalue weighted by molar-refractivity contribution is -0.145. The predicted molar refractivity (Wildman–Crippen MR) is 156 cm³/mol. The third kappa shape index (κ3) is 7.06. The smallest absolute Gasteiger partial charge is 0.344 e. The third-order valence-electron chi connectivity index (χ3n) is 6.90. The molecule has 8 heteroatoms. The van der Waals surface area contributed by atoms with Crippen LogP contribution in [0.5, 0.6) is 11.5 Å². The average molecular weight is 549 g/mol. The molecule has 0 saturated heterocycles. The van der Waals surface area contributed by atoms with Crippen LogP contribution in [0, 0.1) is 11.3 Å². The van der Waals surface area contributed by atoms with Crippen molar-refractivity contribution in [3.63, 3.8) is 0 Å². The molecule has 1 aliphatic carbocycles. The fourth-order valence-corrected chi connectivity index (χ4v) is 5.98. The topological polar surface area (TPSA) is 86.2 Å². The number of rotatable bonds is 9. The summed E-state index contributed by atoms with van der Waals surface area (Å²) in [5, 5.41) is 3.75. The van der Waals surface area contributed by atoms with Gasteiger partial charge in [0.2, 0.25) is 0 Å². The van der Waals surface area contributed by atoms with Gasteiger partial charge in [-0.25, -0.2) is 9.79 Å². The minimum absolute atomic E-state index is 0.139. The number of methoxy groups -OCH3 is 1. The number of thiophene rings is 1. The highest BCUT2D eigenvalue weighted by Crippen LogP contribution is 2.45. The molecule has 0 unspecified atom stereocenters. The number of hydrogen-bond donors (Lipinski definition) is 1. The van der Waals surface area contributed by atoms with Gasteiger partial charge in [0.05, 0.1) is 19.3 Å². The number of hydrogen-bond acceptors (Lipinski definition) is 7. The maximum atomic E-state index is 13.5. The first-order valence-corrected chi connectivity index (χ1v) is 14.0. The van der Waals surface area contributed by atoms with Crippen LogP contribution in [0.1, 0.15) is 60.5 Å². The first-order valence-electron chi connectivity index (χ1n) is 13.2. The first kappa shape index (κ1) is 28.4. The zero-order valence-corrected chi connectivity index (χ0v) is 24.0. The summed E-state index contributed by atoms with van der Waals surface area (Å²) in [7, 11) is 1.54. The molecule has 0 radical (unpaired) electrons. The Balaban J connectivity index is 1.62. The number of nitrogens with one attached hydrogen (secondary N) is 1. The largest absolute Gasteiger partial charge is 0.493 e. The Morgan fingerprint density at radius 3 is 2.59 bits per heavy atom. The van der Waals surface area contributed by atoms with Crippen LogP contribution in [0.2, 0.25) is 0 Å². The molecule has 0 bridgehead atoms. The van der Waals surface area contributed by atoms with E-state index in [1.165, 1.54) is 4.88 Å². The highest BCUT2D eigenvalue weighted by atomic mass is 32.1. The van der Waals surface area contributed by atoms with Crippen molar-refractivity contribution in [2.24, 2.45) is 16.3 Å². The van der Waals surface area contributed by atoms with Crippen LogP contribution < -0.4 is 14.8 Å². The molecule has 3 aromatic rings. The fraction of sp³-hybridized carbons (Fsp3) is 0.387. The van der Waals surface area contributed by atoms with Crippen molar-refractivity contribution in [2.75, 3.05) is 25.6 Å². The summed E-state index contributed by atoms with van der Waals surface area (Å²) in [6.45, 7) is 8.69. The Bertz CT molecular complexity index is 1340. The van der Waals surface area contributed by atoms with E-state index in [1.54, 1.807) is 43.7 Å². The molecule has 0 saturated carbocycles. The molecule has 0 spiro atoms. The van der Waals surface area contributed by atoms with Crippen LogP contribution in [0.15, 0.2) is 53.5 Å². The Hall–Kier alpha value is -3.65. The summed E-state index contributed by atoms with van der Waals surface area (Å²) >= 11 is 1.60. The molecule has 1 N–H and O–H groups in total. The van der Waals surface area contributed by atoms with Crippen LogP contribution in [-0.2, 0) is 22.4 Å². The molecule has 1 amide bonds. The third-order valence-corrected chi connectivity index (χ3v) is 8.06. The van der Waals surface area contributed by atoms with Crippen LogP contribution in [-0.4, -0.2) is 38.4 Å². The van der Waals surface area contributed by atoms with Crippen molar-refractivity contribution >= 4 is 40.1 Å². The summed E-state index contributed by atoms with van der Waals surface area (Å²) in [5.41, 5.74) is 3.50. The van der Waals surface area contributed by atoms with Gasteiger partial charge in [-0.15, -0.1) is 11.3 Å². The van der Waals surface area contributed by atoms with Crippen molar-refractivity contribution in [3.05, 3.63) is 70.1 Å². The monoisotopic (exact) mass is 548 g/mol. The van der Waals surface area contributed by atoms with Gasteiger partial charge in [0, 0.05) is 16.8 Å². The molecule has 0 aliphatic heterocycles. The quantitative estimate of drug-likeness (QED) is 0.233. The minimum atomic E-state index is -0.443. The van der Waals surface area contributed by atoms with Crippen LogP contribution in [0.3, 0.4) is 0 Å². The second-order valence-corrected chi connectivity index (χ2v) is 11.7. The SMILES string of the molecule is CCOC(=O)COc1ccc(C=Nc2sc3c(c2C(=O)Nc2ccccc2)CC[C@H](C(C)(C)C)C3)cc1OC. The van der Waals surface area contributed by atoms with Gasteiger partial charge in [-0.1, -0.05) is 39.0 Å². The number of ether oxygens (including phenoxy) is 3. The zero-order chi connectivity index (χ0) is 28.0. The van der Waals surface area contributed by atoms with E-state index in [0.29, 0.717) is 34.6 Å². The molecule has 1 heterocycles. The first-order chi connectivity index (χ1) is 18.7. The molecule has 1 aromatic heterocycles. The molecular weight excluding hydrogens is 512 g/mol. The van der Waals surface area contributed by atoms with E-state index in [0.717, 1.165) is 36.1 Å². The van der Waals surface area contributed by atoms with Crippen molar-refractivity contribution in [1.82, 2.24) is 0 Å². The van der Waals surface area contributed by atoms with E-state index < -0.39 is 5.97 Å². The van der Waals surface area contributed by atoms with Gasteiger partial charge < -0.3 is 19.5 Å². The Morgan fingerprint density at radius 2 is 1.90 bits per heavy atom. The molecule has 1 aliphatic rings. The van der Waals surface area contributed by atoms with E-state index in [-0.39, 0.29) is 17.9 Å². The Morgan fingerprint density at radius 1 is 1.13 bits per heavy atom. The molecule has 4 rings (SSSR count). The van der Waals surface area contributed by atoms with Crippen molar-refractivity contribution in [1.29, 1.82) is 0 Å². The number of amides is 1. The summed E-state index contributed by atoms with van der Waals surface area (Å²) in [6.07, 6.45) is 4.59. The summed E-state index contributed by atoms with van der Waals surface area (Å²) in [4.78, 5) is 31.2. The summed E-state index contributed by atoms with van der Waals surface area (Å²) in [6, 6.07) is 14.8. The number of nitrogens with zero attached hydrogens (tertiary/aromatic N) is 1. The molecule has 39 heavy (non-hydrogen) atoms. The molecule has 206 valence electrons. The maximum Gasteiger partial charge on any atom is 0.344 e. The molecule has 7 nitrogen and oxygen atoms in total. The van der Waals surface area contributed by atoms with Gasteiger partial charge in [0.15, 0.2) is 18.1 Å². The minimum Gasteiger partial charge on any atom is -0.493 e. The highest BCUT2D eigenvalue weighted by molar-refractivity contribution is 7.16. The van der Waals surface area contributed by atoms with Gasteiger partial charge in [-0.3, -0.25) is 4.79 Å². The van der Waals surface area contributed by atoms with E-state index in [4.69, 9.17) is 19.2 Å². The molecule has 1 atom stereocenters. The number of para-hydroxylation sites is 1. The summed E-state index contributed by atoms with van der Waals surface area (Å²) in [5.74, 6) is 0.883. The lowest BCUT2D eigenvalue weighted by atomic mass is 9.72. The van der Waals surface area contributed by atoms with Gasteiger partial charge in [-0.05, 0) is 79.0 Å². The second kappa shape index (κ2) is 12.5. The van der Waals surface area contributed by atoms with Crippen LogP contribution >= 0.6 is 11.3 Å². The van der Waals surface area contributed by atoms with E-state index >= 15 is 0 Å². The van der Waals surface area contributed by atoms with Crippen LogP contribution in [0.4, 0.5) is 10.7 Å².